The van der Waals surface area contributed by atoms with Gasteiger partial charge in [-0.1, -0.05) is 35.1 Å². The first-order valence-corrected chi connectivity index (χ1v) is 8.43. The zero-order valence-corrected chi connectivity index (χ0v) is 14.6. The maximum absolute atomic E-state index is 12.3. The molecule has 2 amide bonds. The molecule has 1 heterocycles. The number of nitrogens with one attached hydrogen (secondary N) is 3. The van der Waals surface area contributed by atoms with Gasteiger partial charge in [0.1, 0.15) is 4.88 Å². The van der Waals surface area contributed by atoms with Gasteiger partial charge in [0, 0.05) is 26.6 Å². The minimum Gasteiger partial charge on any atom is -0.360 e. The van der Waals surface area contributed by atoms with Crippen LogP contribution in [0, 0.1) is 0 Å². The first-order chi connectivity index (χ1) is 11.5. The molecule has 7 nitrogen and oxygen atoms in total. The van der Waals surface area contributed by atoms with Crippen LogP contribution in [-0.2, 0) is 11.3 Å². The molecule has 0 aliphatic rings. The van der Waals surface area contributed by atoms with Crippen LogP contribution >= 0.6 is 22.9 Å². The summed E-state index contributed by atoms with van der Waals surface area (Å²) in [6.45, 7) is 2.73. The molecule has 0 aliphatic carbocycles. The predicted molar refractivity (Wildman–Crippen MR) is 96.6 cm³/mol. The lowest BCUT2D eigenvalue weighted by molar-refractivity contribution is -0.118. The van der Waals surface area contributed by atoms with Gasteiger partial charge in [0.25, 0.3) is 5.91 Å². The molecule has 0 unspecified atom stereocenters. The fraction of sp³-hybridized carbons (Fsp3) is 0.267. The molecule has 9 heteroatoms. The van der Waals surface area contributed by atoms with Gasteiger partial charge in [0.05, 0.1) is 16.9 Å². The number of carbonyl (C=O) groups is 2. The normalized spacial score (nSPS) is 10.3. The maximum Gasteiger partial charge on any atom is 0.267 e. The standard InChI is InChI=1S/C15H18ClN5O2S/c1-9(22)18-5-6-19-15-20-8-12(24-15)14(23)21-13-10(7-17)3-2-4-11(13)16/h2-4,8H,5-7,17H2,1H3,(H,18,22)(H,19,20)(H,21,23). The summed E-state index contributed by atoms with van der Waals surface area (Å²) in [5.74, 6) is -0.392. The van der Waals surface area contributed by atoms with Gasteiger partial charge < -0.3 is 21.7 Å². The zero-order chi connectivity index (χ0) is 17.5. The Hall–Kier alpha value is -2.16. The van der Waals surface area contributed by atoms with Gasteiger partial charge in [-0.3, -0.25) is 9.59 Å². The molecule has 0 saturated carbocycles. The van der Waals surface area contributed by atoms with Crippen molar-refractivity contribution in [3.05, 3.63) is 39.9 Å². The highest BCUT2D eigenvalue weighted by Crippen LogP contribution is 2.27. The molecule has 0 atom stereocenters. The molecule has 0 aliphatic heterocycles. The molecular formula is C15H18ClN5O2S. The van der Waals surface area contributed by atoms with E-state index in [1.54, 1.807) is 12.1 Å². The lowest BCUT2D eigenvalue weighted by Crippen LogP contribution is -2.26. The van der Waals surface area contributed by atoms with Gasteiger partial charge in [-0.2, -0.15) is 0 Å². The summed E-state index contributed by atoms with van der Waals surface area (Å²) in [7, 11) is 0. The summed E-state index contributed by atoms with van der Waals surface area (Å²) in [6, 6.07) is 5.28. The van der Waals surface area contributed by atoms with Crippen LogP contribution < -0.4 is 21.7 Å². The Bertz CT molecular complexity index is 734. The van der Waals surface area contributed by atoms with Crippen molar-refractivity contribution in [3.63, 3.8) is 0 Å². The number of carbonyl (C=O) groups excluding carboxylic acids is 2. The highest BCUT2D eigenvalue weighted by atomic mass is 35.5. The summed E-state index contributed by atoms with van der Waals surface area (Å²) >= 11 is 7.34. The van der Waals surface area contributed by atoms with Crippen LogP contribution in [0.4, 0.5) is 10.8 Å². The van der Waals surface area contributed by atoms with Crippen LogP contribution in [-0.4, -0.2) is 29.9 Å². The molecule has 1 aromatic heterocycles. The summed E-state index contributed by atoms with van der Waals surface area (Å²) in [5.41, 5.74) is 6.94. The Labute approximate surface area is 148 Å². The number of hydrogen-bond donors (Lipinski definition) is 4. The van der Waals surface area contributed by atoms with E-state index in [1.807, 2.05) is 6.07 Å². The third-order valence-electron chi connectivity index (χ3n) is 3.06. The van der Waals surface area contributed by atoms with E-state index in [0.29, 0.717) is 33.8 Å². The second-order valence-corrected chi connectivity index (χ2v) is 6.31. The summed E-state index contributed by atoms with van der Waals surface area (Å²) in [4.78, 5) is 27.7. The van der Waals surface area contributed by atoms with E-state index >= 15 is 0 Å². The lowest BCUT2D eigenvalue weighted by Gasteiger charge is -2.10. The van der Waals surface area contributed by atoms with Crippen LogP contribution in [0.2, 0.25) is 5.02 Å². The summed E-state index contributed by atoms with van der Waals surface area (Å²) < 4.78 is 0. The van der Waals surface area contributed by atoms with Crippen LogP contribution in [0.15, 0.2) is 24.4 Å². The van der Waals surface area contributed by atoms with Gasteiger partial charge in [-0.05, 0) is 11.6 Å². The molecule has 1 aromatic carbocycles. The second kappa shape index (κ2) is 8.62. The SMILES string of the molecule is CC(=O)NCCNc1ncc(C(=O)Nc2c(Cl)cccc2CN)s1. The van der Waals surface area contributed by atoms with Gasteiger partial charge in [-0.15, -0.1) is 0 Å². The number of halogens is 1. The number of hydrogen-bond acceptors (Lipinski definition) is 6. The van der Waals surface area contributed by atoms with E-state index in [4.69, 9.17) is 17.3 Å². The predicted octanol–water partition coefficient (Wildman–Crippen LogP) is 2.06. The lowest BCUT2D eigenvalue weighted by atomic mass is 10.1. The average Bonchev–Trinajstić information content (AvgIpc) is 3.02. The molecule has 2 rings (SSSR count). The molecule has 0 fully saturated rings. The average molecular weight is 368 g/mol. The van der Waals surface area contributed by atoms with E-state index in [0.717, 1.165) is 5.56 Å². The minimum absolute atomic E-state index is 0.0912. The number of anilines is 2. The minimum atomic E-state index is -0.301. The number of nitrogens with two attached hydrogens (primary N) is 1. The van der Waals surface area contributed by atoms with Crippen molar-refractivity contribution in [2.24, 2.45) is 5.73 Å². The van der Waals surface area contributed by atoms with E-state index in [2.05, 4.69) is 20.9 Å². The topological polar surface area (TPSA) is 109 Å². The van der Waals surface area contributed by atoms with Gasteiger partial charge >= 0.3 is 0 Å². The molecule has 24 heavy (non-hydrogen) atoms. The Balaban J connectivity index is 1.98. The van der Waals surface area contributed by atoms with Crippen molar-refractivity contribution in [1.82, 2.24) is 10.3 Å². The fourth-order valence-corrected chi connectivity index (χ4v) is 2.90. The van der Waals surface area contributed by atoms with Crippen molar-refractivity contribution in [2.45, 2.75) is 13.5 Å². The third-order valence-corrected chi connectivity index (χ3v) is 4.33. The van der Waals surface area contributed by atoms with Crippen molar-refractivity contribution in [1.29, 1.82) is 0 Å². The number of benzene rings is 1. The Kier molecular flexibility index (Phi) is 6.53. The smallest absolute Gasteiger partial charge is 0.267 e. The van der Waals surface area contributed by atoms with Crippen LogP contribution in [0.25, 0.3) is 0 Å². The molecule has 2 aromatic rings. The second-order valence-electron chi connectivity index (χ2n) is 4.87. The number of amides is 2. The molecule has 5 N–H and O–H groups in total. The molecule has 128 valence electrons. The molecular weight excluding hydrogens is 350 g/mol. The van der Waals surface area contributed by atoms with Gasteiger partial charge in [-0.25, -0.2) is 4.98 Å². The first-order valence-electron chi connectivity index (χ1n) is 7.24. The number of nitrogens with zero attached hydrogens (tertiary/aromatic N) is 1. The van der Waals surface area contributed by atoms with E-state index in [-0.39, 0.29) is 18.4 Å². The van der Waals surface area contributed by atoms with E-state index in [1.165, 1.54) is 24.5 Å². The van der Waals surface area contributed by atoms with Gasteiger partial charge in [0.2, 0.25) is 5.91 Å². The Morgan fingerprint density at radius 3 is 2.83 bits per heavy atom. The molecule has 0 bridgehead atoms. The number of para-hydroxylation sites is 1. The van der Waals surface area contributed by atoms with Crippen LogP contribution in [0.1, 0.15) is 22.2 Å². The largest absolute Gasteiger partial charge is 0.360 e. The maximum atomic E-state index is 12.3. The monoisotopic (exact) mass is 367 g/mol. The molecule has 0 saturated heterocycles. The molecule has 0 spiro atoms. The number of aromatic nitrogens is 1. The first kappa shape index (κ1) is 18.2. The van der Waals surface area contributed by atoms with Crippen molar-refractivity contribution >= 4 is 45.6 Å². The highest BCUT2D eigenvalue weighted by Gasteiger charge is 2.14. The van der Waals surface area contributed by atoms with Crippen LogP contribution in [0.3, 0.4) is 0 Å². The Morgan fingerprint density at radius 2 is 2.12 bits per heavy atom. The summed E-state index contributed by atoms with van der Waals surface area (Å²) in [6.07, 6.45) is 1.49. The van der Waals surface area contributed by atoms with Crippen molar-refractivity contribution < 1.29 is 9.59 Å². The van der Waals surface area contributed by atoms with Crippen LogP contribution in [0.5, 0.6) is 0 Å². The highest BCUT2D eigenvalue weighted by molar-refractivity contribution is 7.17. The van der Waals surface area contributed by atoms with Crippen molar-refractivity contribution in [3.8, 4) is 0 Å². The quantitative estimate of drug-likeness (QED) is 0.560. The fourth-order valence-electron chi connectivity index (χ4n) is 1.92. The van der Waals surface area contributed by atoms with Crippen molar-refractivity contribution in [2.75, 3.05) is 23.7 Å². The number of rotatable bonds is 7. The van der Waals surface area contributed by atoms with E-state index < -0.39 is 0 Å². The Morgan fingerprint density at radius 1 is 1.33 bits per heavy atom. The zero-order valence-electron chi connectivity index (χ0n) is 13.1. The van der Waals surface area contributed by atoms with Gasteiger partial charge in [0.15, 0.2) is 5.13 Å². The van der Waals surface area contributed by atoms with E-state index in [9.17, 15) is 9.59 Å². The third kappa shape index (κ3) is 4.92. The molecule has 0 radical (unpaired) electrons. The summed E-state index contributed by atoms with van der Waals surface area (Å²) in [5, 5.41) is 9.52. The number of thiazole rings is 1.